The molecule has 0 amide bonds. The number of benzene rings is 1. The monoisotopic (exact) mass is 203 g/mol. The molecule has 1 aromatic heterocycles. The minimum absolute atomic E-state index is 0.206. The molecule has 0 spiro atoms. The summed E-state index contributed by atoms with van der Waals surface area (Å²) in [7, 11) is 0. The Morgan fingerprint density at radius 3 is 2.60 bits per heavy atom. The van der Waals surface area contributed by atoms with E-state index in [1.807, 2.05) is 26.0 Å². The van der Waals surface area contributed by atoms with Gasteiger partial charge in [-0.2, -0.15) is 5.10 Å². The van der Waals surface area contributed by atoms with Crippen LogP contribution in [0.3, 0.4) is 0 Å². The Hall–Kier alpha value is -1.97. The minimum Gasteiger partial charge on any atom is -0.506 e. The molecule has 0 aliphatic carbocycles. The summed E-state index contributed by atoms with van der Waals surface area (Å²) in [5.74, 6) is 0.206. The van der Waals surface area contributed by atoms with Crippen molar-refractivity contribution in [1.29, 1.82) is 0 Å². The molecular formula is C11H13N3O. The highest BCUT2D eigenvalue weighted by molar-refractivity contribution is 5.50. The van der Waals surface area contributed by atoms with Crippen LogP contribution in [0, 0.1) is 13.8 Å². The largest absolute Gasteiger partial charge is 0.506 e. The summed E-state index contributed by atoms with van der Waals surface area (Å²) in [4.78, 5) is 0. The van der Waals surface area contributed by atoms with E-state index in [1.165, 1.54) is 0 Å². The average Bonchev–Trinajstić information content (AvgIpc) is 2.46. The number of aromatic hydroxyl groups is 1. The van der Waals surface area contributed by atoms with E-state index >= 15 is 0 Å². The number of aromatic nitrogens is 2. The van der Waals surface area contributed by atoms with Crippen molar-refractivity contribution < 1.29 is 5.11 Å². The second-order valence-corrected chi connectivity index (χ2v) is 3.61. The van der Waals surface area contributed by atoms with E-state index in [2.05, 4.69) is 5.10 Å². The minimum atomic E-state index is 0.206. The van der Waals surface area contributed by atoms with Gasteiger partial charge in [0.2, 0.25) is 0 Å². The van der Waals surface area contributed by atoms with Crippen LogP contribution in [-0.4, -0.2) is 14.9 Å². The SMILES string of the molecule is Cc1ccc(-n2cc(N)c(C)n2)c(O)c1. The third kappa shape index (κ3) is 1.66. The van der Waals surface area contributed by atoms with Gasteiger partial charge in [0.05, 0.1) is 17.6 Å². The molecule has 0 radical (unpaired) electrons. The van der Waals surface area contributed by atoms with Crippen molar-refractivity contribution in [1.82, 2.24) is 9.78 Å². The van der Waals surface area contributed by atoms with Gasteiger partial charge in [-0.3, -0.25) is 0 Å². The first-order chi connectivity index (χ1) is 7.08. The summed E-state index contributed by atoms with van der Waals surface area (Å²) in [6.45, 7) is 3.75. The van der Waals surface area contributed by atoms with Gasteiger partial charge in [0.15, 0.2) is 0 Å². The Morgan fingerprint density at radius 2 is 2.07 bits per heavy atom. The van der Waals surface area contributed by atoms with Crippen LogP contribution in [0.5, 0.6) is 5.75 Å². The van der Waals surface area contributed by atoms with Crippen molar-refractivity contribution in [2.45, 2.75) is 13.8 Å². The summed E-state index contributed by atoms with van der Waals surface area (Å²) >= 11 is 0. The summed E-state index contributed by atoms with van der Waals surface area (Å²) in [5, 5.41) is 13.9. The van der Waals surface area contributed by atoms with Gasteiger partial charge < -0.3 is 10.8 Å². The number of phenolic OH excluding ortho intramolecular Hbond substituents is 1. The molecule has 1 aromatic carbocycles. The lowest BCUT2D eigenvalue weighted by atomic mass is 10.2. The smallest absolute Gasteiger partial charge is 0.141 e. The first-order valence-corrected chi connectivity index (χ1v) is 4.69. The average molecular weight is 203 g/mol. The second-order valence-electron chi connectivity index (χ2n) is 3.61. The van der Waals surface area contributed by atoms with Gasteiger partial charge in [0.25, 0.3) is 0 Å². The van der Waals surface area contributed by atoms with Gasteiger partial charge >= 0.3 is 0 Å². The molecule has 0 atom stereocenters. The van der Waals surface area contributed by atoms with Crippen molar-refractivity contribution in [2.24, 2.45) is 0 Å². The van der Waals surface area contributed by atoms with Gasteiger partial charge in [-0.05, 0) is 31.5 Å². The highest BCUT2D eigenvalue weighted by Crippen LogP contribution is 2.23. The molecule has 0 fully saturated rings. The van der Waals surface area contributed by atoms with E-state index < -0.39 is 0 Å². The predicted molar refractivity (Wildman–Crippen MR) is 59.1 cm³/mol. The number of nitrogens with two attached hydrogens (primary N) is 1. The molecule has 2 aromatic rings. The van der Waals surface area contributed by atoms with Crippen molar-refractivity contribution in [3.05, 3.63) is 35.7 Å². The highest BCUT2D eigenvalue weighted by atomic mass is 16.3. The van der Waals surface area contributed by atoms with E-state index in [-0.39, 0.29) is 5.75 Å². The summed E-state index contributed by atoms with van der Waals surface area (Å²) in [6, 6.07) is 5.43. The molecule has 0 unspecified atom stereocenters. The summed E-state index contributed by atoms with van der Waals surface area (Å²) in [5.41, 5.74) is 8.72. The van der Waals surface area contributed by atoms with E-state index in [0.717, 1.165) is 11.3 Å². The lowest BCUT2D eigenvalue weighted by molar-refractivity contribution is 0.470. The lowest BCUT2D eigenvalue weighted by Gasteiger charge is -2.04. The number of phenols is 1. The highest BCUT2D eigenvalue weighted by Gasteiger charge is 2.07. The third-order valence-corrected chi connectivity index (χ3v) is 2.31. The van der Waals surface area contributed by atoms with Crippen LogP contribution < -0.4 is 5.73 Å². The normalized spacial score (nSPS) is 10.5. The Morgan fingerprint density at radius 1 is 1.33 bits per heavy atom. The van der Waals surface area contributed by atoms with Gasteiger partial charge in [-0.1, -0.05) is 6.07 Å². The maximum absolute atomic E-state index is 9.74. The number of nitrogen functional groups attached to an aromatic ring is 1. The van der Waals surface area contributed by atoms with Crippen LogP contribution in [0.2, 0.25) is 0 Å². The van der Waals surface area contributed by atoms with Crippen molar-refractivity contribution in [2.75, 3.05) is 5.73 Å². The van der Waals surface area contributed by atoms with Gasteiger partial charge in [-0.15, -0.1) is 0 Å². The Labute approximate surface area is 88.0 Å². The molecular weight excluding hydrogens is 190 g/mol. The van der Waals surface area contributed by atoms with Crippen LogP contribution in [0.25, 0.3) is 5.69 Å². The molecule has 4 heteroatoms. The third-order valence-electron chi connectivity index (χ3n) is 2.31. The number of hydrogen-bond acceptors (Lipinski definition) is 3. The Kier molecular flexibility index (Phi) is 2.11. The van der Waals surface area contributed by atoms with E-state index in [9.17, 15) is 5.11 Å². The molecule has 0 saturated carbocycles. The fourth-order valence-corrected chi connectivity index (χ4v) is 1.42. The molecule has 1 heterocycles. The fraction of sp³-hybridized carbons (Fsp3) is 0.182. The number of hydrogen-bond donors (Lipinski definition) is 2. The van der Waals surface area contributed by atoms with E-state index in [0.29, 0.717) is 11.4 Å². The zero-order chi connectivity index (χ0) is 11.0. The number of rotatable bonds is 1. The van der Waals surface area contributed by atoms with Gasteiger partial charge in [0, 0.05) is 0 Å². The number of aryl methyl sites for hydroxylation is 2. The zero-order valence-electron chi connectivity index (χ0n) is 8.73. The van der Waals surface area contributed by atoms with E-state index in [1.54, 1.807) is 16.9 Å². The van der Waals surface area contributed by atoms with Crippen molar-refractivity contribution in [3.63, 3.8) is 0 Å². The van der Waals surface area contributed by atoms with Crippen LogP contribution in [0.4, 0.5) is 5.69 Å². The topological polar surface area (TPSA) is 64.1 Å². The second kappa shape index (κ2) is 3.31. The van der Waals surface area contributed by atoms with Crippen LogP contribution in [-0.2, 0) is 0 Å². The number of anilines is 1. The molecule has 0 aliphatic heterocycles. The first kappa shape index (κ1) is 9.58. The summed E-state index contributed by atoms with van der Waals surface area (Å²) in [6.07, 6.45) is 1.69. The van der Waals surface area contributed by atoms with Crippen LogP contribution in [0.15, 0.2) is 24.4 Å². The van der Waals surface area contributed by atoms with E-state index in [4.69, 9.17) is 5.73 Å². The quantitative estimate of drug-likeness (QED) is 0.742. The molecule has 0 saturated heterocycles. The summed E-state index contributed by atoms with van der Waals surface area (Å²) < 4.78 is 1.58. The molecule has 78 valence electrons. The van der Waals surface area contributed by atoms with Gasteiger partial charge in [-0.25, -0.2) is 4.68 Å². The standard InChI is InChI=1S/C11H13N3O/c1-7-3-4-10(11(15)5-7)14-6-9(12)8(2)13-14/h3-6,15H,12H2,1-2H3. The number of nitrogens with zero attached hydrogens (tertiary/aromatic N) is 2. The molecule has 0 bridgehead atoms. The molecule has 3 N–H and O–H groups in total. The lowest BCUT2D eigenvalue weighted by Crippen LogP contribution is -1.95. The predicted octanol–water partition coefficient (Wildman–Crippen LogP) is 1.78. The van der Waals surface area contributed by atoms with Crippen LogP contribution in [0.1, 0.15) is 11.3 Å². The maximum atomic E-state index is 9.74. The van der Waals surface area contributed by atoms with Crippen molar-refractivity contribution in [3.8, 4) is 11.4 Å². The molecule has 4 nitrogen and oxygen atoms in total. The van der Waals surface area contributed by atoms with Gasteiger partial charge in [0.1, 0.15) is 11.4 Å². The molecule has 0 aliphatic rings. The maximum Gasteiger partial charge on any atom is 0.141 e. The molecule has 15 heavy (non-hydrogen) atoms. The molecule has 2 rings (SSSR count). The zero-order valence-corrected chi connectivity index (χ0v) is 8.73. The Balaban J connectivity index is 2.54. The first-order valence-electron chi connectivity index (χ1n) is 4.69. The van der Waals surface area contributed by atoms with Crippen LogP contribution >= 0.6 is 0 Å². The van der Waals surface area contributed by atoms with Crippen molar-refractivity contribution >= 4 is 5.69 Å². The fourth-order valence-electron chi connectivity index (χ4n) is 1.42. The Bertz CT molecular complexity index is 483.